The van der Waals surface area contributed by atoms with Crippen LogP contribution in [0.5, 0.6) is 0 Å². The van der Waals surface area contributed by atoms with E-state index in [0.29, 0.717) is 15.2 Å². The highest BCUT2D eigenvalue weighted by molar-refractivity contribution is 9.13. The van der Waals surface area contributed by atoms with Crippen LogP contribution in [-0.4, -0.2) is 12.2 Å². The summed E-state index contributed by atoms with van der Waals surface area (Å²) in [5, 5.41) is 0. The molecule has 1 rings (SSSR count). The number of benzene rings is 1. The van der Waals surface area contributed by atoms with Crippen molar-refractivity contribution in [2.45, 2.75) is 0 Å². The molecule has 13 heavy (non-hydrogen) atoms. The molecule has 5 heteroatoms. The first-order chi connectivity index (χ1) is 6.06. The second kappa shape index (κ2) is 4.02. The Labute approximate surface area is 91.6 Å². The number of rotatable bonds is 2. The predicted molar refractivity (Wildman–Crippen MR) is 55.7 cm³/mol. The van der Waals surface area contributed by atoms with Crippen molar-refractivity contribution >= 4 is 44.1 Å². The molecule has 0 saturated carbocycles. The lowest BCUT2D eigenvalue weighted by atomic mass is 10.1. The van der Waals surface area contributed by atoms with E-state index >= 15 is 0 Å². The zero-order chi connectivity index (χ0) is 10.0. The fourth-order valence-corrected chi connectivity index (χ4v) is 1.58. The highest BCUT2D eigenvalue weighted by Gasteiger charge is 2.10. The lowest BCUT2D eigenvalue weighted by molar-refractivity contribution is 0.0993. The van der Waals surface area contributed by atoms with Crippen molar-refractivity contribution in [3.63, 3.8) is 0 Å². The summed E-state index contributed by atoms with van der Waals surface area (Å²) in [6.07, 6.45) is 0.595. The van der Waals surface area contributed by atoms with Crippen LogP contribution in [0.4, 0.5) is 0 Å². The van der Waals surface area contributed by atoms with Crippen molar-refractivity contribution in [1.29, 1.82) is 0 Å². The van der Waals surface area contributed by atoms with E-state index < -0.39 is 5.91 Å². The van der Waals surface area contributed by atoms with Crippen LogP contribution >= 0.6 is 31.9 Å². The number of primary amides is 1. The van der Waals surface area contributed by atoms with Gasteiger partial charge in [0.1, 0.15) is 0 Å². The van der Waals surface area contributed by atoms with Gasteiger partial charge in [0.05, 0.1) is 5.56 Å². The standard InChI is InChI=1S/C8H5Br2NO2/c9-6-1-4(3-12)5(8(11)13)2-7(6)10/h1-3H,(H2,11,13). The Morgan fingerprint density at radius 2 is 1.85 bits per heavy atom. The van der Waals surface area contributed by atoms with Gasteiger partial charge in [-0.3, -0.25) is 9.59 Å². The molecule has 0 aliphatic rings. The molecule has 0 spiro atoms. The van der Waals surface area contributed by atoms with E-state index in [1.54, 1.807) is 0 Å². The molecule has 0 bridgehead atoms. The van der Waals surface area contributed by atoms with Crippen molar-refractivity contribution in [2.75, 3.05) is 0 Å². The number of hydrogen-bond acceptors (Lipinski definition) is 2. The first-order valence-corrected chi connectivity index (χ1v) is 4.89. The average Bonchev–Trinajstić information content (AvgIpc) is 2.08. The van der Waals surface area contributed by atoms with Gasteiger partial charge in [0.15, 0.2) is 6.29 Å². The lowest BCUT2D eigenvalue weighted by Gasteiger charge is -2.02. The van der Waals surface area contributed by atoms with E-state index in [9.17, 15) is 9.59 Å². The van der Waals surface area contributed by atoms with Crippen LogP contribution in [0.3, 0.4) is 0 Å². The number of carbonyl (C=O) groups excluding carboxylic acids is 2. The average molecular weight is 307 g/mol. The topological polar surface area (TPSA) is 60.2 Å². The third-order valence-corrected chi connectivity index (χ3v) is 3.33. The smallest absolute Gasteiger partial charge is 0.249 e. The molecular weight excluding hydrogens is 302 g/mol. The zero-order valence-corrected chi connectivity index (χ0v) is 9.55. The minimum atomic E-state index is -0.615. The summed E-state index contributed by atoms with van der Waals surface area (Å²) in [5.74, 6) is -0.615. The lowest BCUT2D eigenvalue weighted by Crippen LogP contribution is -2.13. The van der Waals surface area contributed by atoms with Gasteiger partial charge in [0, 0.05) is 14.5 Å². The summed E-state index contributed by atoms with van der Waals surface area (Å²) in [4.78, 5) is 21.4. The monoisotopic (exact) mass is 305 g/mol. The van der Waals surface area contributed by atoms with Crippen LogP contribution in [0.15, 0.2) is 21.1 Å². The molecule has 0 aliphatic heterocycles. The minimum absolute atomic E-state index is 0.213. The van der Waals surface area contributed by atoms with Gasteiger partial charge in [0.2, 0.25) is 5.91 Å². The molecule has 0 saturated heterocycles. The maximum absolute atomic E-state index is 10.9. The molecule has 0 heterocycles. The number of halogens is 2. The molecule has 0 aliphatic carbocycles. The number of hydrogen-bond donors (Lipinski definition) is 1. The molecule has 0 unspecified atom stereocenters. The van der Waals surface area contributed by atoms with Gasteiger partial charge >= 0.3 is 0 Å². The molecule has 2 N–H and O–H groups in total. The highest BCUT2D eigenvalue weighted by Crippen LogP contribution is 2.25. The fourth-order valence-electron chi connectivity index (χ4n) is 0.873. The molecule has 1 amide bonds. The molecule has 68 valence electrons. The number of amides is 1. The van der Waals surface area contributed by atoms with Crippen LogP contribution in [0, 0.1) is 0 Å². The molecule has 0 fully saturated rings. The third kappa shape index (κ3) is 2.16. The van der Waals surface area contributed by atoms with Crippen molar-refractivity contribution < 1.29 is 9.59 Å². The zero-order valence-electron chi connectivity index (χ0n) is 6.38. The van der Waals surface area contributed by atoms with Gasteiger partial charge in [-0.05, 0) is 44.0 Å². The molecule has 3 nitrogen and oxygen atoms in total. The SMILES string of the molecule is NC(=O)c1cc(Br)c(Br)cc1C=O. The Balaban J connectivity index is 3.41. The van der Waals surface area contributed by atoms with Crippen LogP contribution in [-0.2, 0) is 0 Å². The molecular formula is C8H5Br2NO2. The molecule has 0 aromatic heterocycles. The molecule has 1 aromatic carbocycles. The maximum atomic E-state index is 10.9. The summed E-state index contributed by atoms with van der Waals surface area (Å²) in [7, 11) is 0. The Kier molecular flexibility index (Phi) is 3.22. The maximum Gasteiger partial charge on any atom is 0.249 e. The Hall–Kier alpha value is -0.680. The van der Waals surface area contributed by atoms with Crippen LogP contribution in [0.25, 0.3) is 0 Å². The Morgan fingerprint density at radius 3 is 2.31 bits per heavy atom. The van der Waals surface area contributed by atoms with E-state index in [4.69, 9.17) is 5.73 Å². The van der Waals surface area contributed by atoms with Gasteiger partial charge in [-0.15, -0.1) is 0 Å². The van der Waals surface area contributed by atoms with Gasteiger partial charge in [-0.25, -0.2) is 0 Å². The van der Waals surface area contributed by atoms with Crippen molar-refractivity contribution in [3.8, 4) is 0 Å². The first-order valence-electron chi connectivity index (χ1n) is 3.30. The van der Waals surface area contributed by atoms with Crippen molar-refractivity contribution in [2.24, 2.45) is 5.73 Å². The van der Waals surface area contributed by atoms with Crippen molar-refractivity contribution in [1.82, 2.24) is 0 Å². The number of nitrogens with two attached hydrogens (primary N) is 1. The van der Waals surface area contributed by atoms with E-state index in [1.807, 2.05) is 0 Å². The van der Waals surface area contributed by atoms with Crippen LogP contribution in [0.1, 0.15) is 20.7 Å². The number of aldehydes is 1. The summed E-state index contributed by atoms with van der Waals surface area (Å²) >= 11 is 6.42. The second-order valence-electron chi connectivity index (χ2n) is 2.34. The van der Waals surface area contributed by atoms with Crippen LogP contribution in [0.2, 0.25) is 0 Å². The minimum Gasteiger partial charge on any atom is -0.366 e. The normalized spacial score (nSPS) is 9.69. The Bertz CT molecular complexity index is 377. The van der Waals surface area contributed by atoms with E-state index in [1.165, 1.54) is 12.1 Å². The van der Waals surface area contributed by atoms with E-state index in [0.717, 1.165) is 0 Å². The summed E-state index contributed by atoms with van der Waals surface area (Å²) in [6, 6.07) is 3.05. The van der Waals surface area contributed by atoms with Gasteiger partial charge < -0.3 is 5.73 Å². The quantitative estimate of drug-likeness (QED) is 0.851. The molecule has 0 atom stereocenters. The fraction of sp³-hybridized carbons (Fsp3) is 0. The summed E-state index contributed by atoms with van der Waals surface area (Å²) in [5.41, 5.74) is 5.57. The van der Waals surface area contributed by atoms with Crippen molar-refractivity contribution in [3.05, 3.63) is 32.2 Å². The highest BCUT2D eigenvalue weighted by atomic mass is 79.9. The Morgan fingerprint density at radius 1 is 1.31 bits per heavy atom. The number of carbonyl (C=O) groups is 2. The van der Waals surface area contributed by atoms with Gasteiger partial charge in [0.25, 0.3) is 0 Å². The van der Waals surface area contributed by atoms with Crippen LogP contribution < -0.4 is 5.73 Å². The molecule has 1 aromatic rings. The first kappa shape index (κ1) is 10.4. The van der Waals surface area contributed by atoms with E-state index in [-0.39, 0.29) is 11.1 Å². The van der Waals surface area contributed by atoms with E-state index in [2.05, 4.69) is 31.9 Å². The molecule has 0 radical (unpaired) electrons. The summed E-state index contributed by atoms with van der Waals surface area (Å²) in [6.45, 7) is 0. The van der Waals surface area contributed by atoms with Gasteiger partial charge in [-0.1, -0.05) is 0 Å². The summed E-state index contributed by atoms with van der Waals surface area (Å²) < 4.78 is 1.39. The largest absolute Gasteiger partial charge is 0.366 e. The van der Waals surface area contributed by atoms with Gasteiger partial charge in [-0.2, -0.15) is 0 Å². The second-order valence-corrected chi connectivity index (χ2v) is 4.04. The third-order valence-electron chi connectivity index (χ3n) is 1.48. The predicted octanol–water partition coefficient (Wildman–Crippen LogP) is 2.12.